The first-order valence-corrected chi connectivity index (χ1v) is 4.15. The van der Waals surface area contributed by atoms with Gasteiger partial charge in [0.05, 0.1) is 5.56 Å². The number of aliphatic hydroxyl groups is 1. The number of rotatable bonds is 1. The summed E-state index contributed by atoms with van der Waals surface area (Å²) in [4.78, 5) is 0. The van der Waals surface area contributed by atoms with E-state index in [0.717, 1.165) is 0 Å². The minimum atomic E-state index is -5.12. The molecule has 0 saturated carbocycles. The van der Waals surface area contributed by atoms with Crippen molar-refractivity contribution in [2.24, 2.45) is 0 Å². The summed E-state index contributed by atoms with van der Waals surface area (Å²) in [5, 5.41) is 8.72. The van der Waals surface area contributed by atoms with Crippen molar-refractivity contribution in [2.45, 2.75) is 18.5 Å². The van der Waals surface area contributed by atoms with Crippen molar-refractivity contribution in [3.05, 3.63) is 35.1 Å². The van der Waals surface area contributed by atoms with Crippen LogP contribution in [-0.2, 0) is 6.18 Å². The van der Waals surface area contributed by atoms with E-state index in [1.54, 1.807) is 0 Å². The van der Waals surface area contributed by atoms with E-state index in [0.29, 0.717) is 6.07 Å². The van der Waals surface area contributed by atoms with Crippen molar-refractivity contribution in [1.82, 2.24) is 0 Å². The van der Waals surface area contributed by atoms with Gasteiger partial charge in [0.2, 0.25) is 0 Å². The number of aliphatic hydroxyl groups excluding tert-OH is 1. The molecule has 1 atom stereocenters. The number of hydrogen-bond donors (Lipinski definition) is 1. The van der Waals surface area contributed by atoms with Crippen LogP contribution in [-0.4, -0.2) is 11.3 Å². The molecule has 1 N–H and O–H groups in total. The molecular formula is C9H5F7O. The Kier molecular flexibility index (Phi) is 3.37. The highest BCUT2D eigenvalue weighted by Crippen LogP contribution is 2.37. The smallest absolute Gasteiger partial charge is 0.379 e. The summed E-state index contributed by atoms with van der Waals surface area (Å²) >= 11 is 0. The molecule has 0 radical (unpaired) electrons. The Balaban J connectivity index is 3.23. The molecular weight excluding hydrogens is 257 g/mol. The molecule has 0 unspecified atom stereocenters. The fourth-order valence-corrected chi connectivity index (χ4v) is 1.12. The average molecular weight is 262 g/mol. The van der Waals surface area contributed by atoms with Crippen molar-refractivity contribution >= 4 is 0 Å². The number of halogens is 7. The lowest BCUT2D eigenvalue weighted by Gasteiger charge is -2.16. The Morgan fingerprint density at radius 3 is 1.94 bits per heavy atom. The summed E-state index contributed by atoms with van der Waals surface area (Å²) in [6.45, 7) is 0. The standard InChI is InChI=1S/C9H5F7O/c10-6-2-1-4(7(17)9(14,15)16)3-5(6)8(11,12)13/h1-3,7,17H/t7-/m0/s1. The van der Waals surface area contributed by atoms with E-state index in [1.165, 1.54) is 0 Å². The molecule has 0 aliphatic heterocycles. The van der Waals surface area contributed by atoms with Gasteiger partial charge in [-0.3, -0.25) is 0 Å². The Bertz CT molecular complexity index is 407. The van der Waals surface area contributed by atoms with Crippen LogP contribution in [0, 0.1) is 5.82 Å². The minimum absolute atomic E-state index is 0.0620. The molecule has 0 spiro atoms. The second kappa shape index (κ2) is 4.17. The van der Waals surface area contributed by atoms with Gasteiger partial charge < -0.3 is 5.11 Å². The molecule has 0 amide bonds. The van der Waals surface area contributed by atoms with E-state index in [4.69, 9.17) is 5.11 Å². The van der Waals surface area contributed by atoms with Crippen LogP contribution in [0.5, 0.6) is 0 Å². The van der Waals surface area contributed by atoms with Crippen LogP contribution in [0.4, 0.5) is 30.7 Å². The van der Waals surface area contributed by atoms with Crippen LogP contribution in [0.15, 0.2) is 18.2 Å². The maximum Gasteiger partial charge on any atom is 0.419 e. The third kappa shape index (κ3) is 3.09. The lowest BCUT2D eigenvalue weighted by molar-refractivity contribution is -0.207. The normalized spacial score (nSPS) is 14.8. The summed E-state index contributed by atoms with van der Waals surface area (Å²) in [6.07, 6.45) is -13.3. The predicted octanol–water partition coefficient (Wildman–Crippen LogP) is 3.44. The van der Waals surface area contributed by atoms with Crippen molar-refractivity contribution in [2.75, 3.05) is 0 Å². The lowest BCUT2D eigenvalue weighted by Crippen LogP contribution is -2.21. The van der Waals surface area contributed by atoms with Gasteiger partial charge in [-0.05, 0) is 17.7 Å². The zero-order valence-electron chi connectivity index (χ0n) is 7.90. The second-order valence-corrected chi connectivity index (χ2v) is 3.18. The molecule has 0 fully saturated rings. The summed E-state index contributed by atoms with van der Waals surface area (Å²) in [7, 11) is 0. The van der Waals surface area contributed by atoms with Gasteiger partial charge >= 0.3 is 12.4 Å². The molecule has 0 saturated heterocycles. The van der Waals surface area contributed by atoms with Gasteiger partial charge in [0.25, 0.3) is 0 Å². The number of benzene rings is 1. The predicted molar refractivity (Wildman–Crippen MR) is 42.4 cm³/mol. The van der Waals surface area contributed by atoms with Crippen LogP contribution in [0.2, 0.25) is 0 Å². The maximum atomic E-state index is 12.7. The van der Waals surface area contributed by atoms with E-state index in [1.807, 2.05) is 0 Å². The van der Waals surface area contributed by atoms with Gasteiger partial charge in [-0.1, -0.05) is 6.07 Å². The van der Waals surface area contributed by atoms with Gasteiger partial charge in [0, 0.05) is 0 Å². The largest absolute Gasteiger partial charge is 0.419 e. The summed E-state index contributed by atoms with van der Waals surface area (Å²) < 4.78 is 85.4. The quantitative estimate of drug-likeness (QED) is 0.768. The Morgan fingerprint density at radius 2 is 1.53 bits per heavy atom. The fraction of sp³-hybridized carbons (Fsp3) is 0.333. The number of hydrogen-bond acceptors (Lipinski definition) is 1. The van der Waals surface area contributed by atoms with Crippen molar-refractivity contribution in [3.8, 4) is 0 Å². The molecule has 0 aromatic heterocycles. The number of alkyl halides is 6. The highest BCUT2D eigenvalue weighted by atomic mass is 19.4. The summed E-state index contributed by atoms with van der Waals surface area (Å²) in [5.74, 6) is -1.70. The van der Waals surface area contributed by atoms with Crippen LogP contribution in [0.3, 0.4) is 0 Å². The van der Waals surface area contributed by atoms with Gasteiger partial charge in [-0.15, -0.1) is 0 Å². The monoisotopic (exact) mass is 262 g/mol. The molecule has 1 nitrogen and oxygen atoms in total. The second-order valence-electron chi connectivity index (χ2n) is 3.18. The average Bonchev–Trinajstić information content (AvgIpc) is 2.14. The van der Waals surface area contributed by atoms with E-state index >= 15 is 0 Å². The van der Waals surface area contributed by atoms with Gasteiger partial charge in [-0.2, -0.15) is 26.3 Å². The third-order valence-corrected chi connectivity index (χ3v) is 1.92. The van der Waals surface area contributed by atoms with Crippen LogP contribution >= 0.6 is 0 Å². The summed E-state index contributed by atoms with van der Waals surface area (Å²) in [6, 6.07) is 0.614. The van der Waals surface area contributed by atoms with Crippen LogP contribution < -0.4 is 0 Å². The maximum absolute atomic E-state index is 12.7. The third-order valence-electron chi connectivity index (χ3n) is 1.92. The first-order chi connectivity index (χ1) is 7.53. The van der Waals surface area contributed by atoms with Crippen LogP contribution in [0.25, 0.3) is 0 Å². The van der Waals surface area contributed by atoms with Gasteiger partial charge in [0.1, 0.15) is 5.82 Å². The highest BCUT2D eigenvalue weighted by Gasteiger charge is 2.41. The van der Waals surface area contributed by atoms with E-state index in [-0.39, 0.29) is 12.1 Å². The first kappa shape index (κ1) is 13.8. The van der Waals surface area contributed by atoms with Crippen molar-refractivity contribution in [3.63, 3.8) is 0 Å². The van der Waals surface area contributed by atoms with E-state index < -0.39 is 35.4 Å². The fourth-order valence-electron chi connectivity index (χ4n) is 1.12. The van der Waals surface area contributed by atoms with E-state index in [9.17, 15) is 30.7 Å². The minimum Gasteiger partial charge on any atom is -0.379 e. The first-order valence-electron chi connectivity index (χ1n) is 4.15. The van der Waals surface area contributed by atoms with Crippen molar-refractivity contribution in [1.29, 1.82) is 0 Å². The summed E-state index contributed by atoms with van der Waals surface area (Å²) in [5.41, 5.74) is -2.91. The zero-order valence-corrected chi connectivity index (χ0v) is 7.90. The molecule has 0 bridgehead atoms. The highest BCUT2D eigenvalue weighted by molar-refractivity contribution is 5.29. The zero-order chi connectivity index (χ0) is 13.4. The molecule has 1 aromatic rings. The molecule has 1 rings (SSSR count). The topological polar surface area (TPSA) is 20.2 Å². The molecule has 0 aliphatic carbocycles. The Hall–Kier alpha value is -1.31. The molecule has 0 aliphatic rings. The molecule has 8 heteroatoms. The SMILES string of the molecule is O[C@@H](c1ccc(F)c(C(F)(F)F)c1)C(F)(F)F. The van der Waals surface area contributed by atoms with Crippen LogP contribution in [0.1, 0.15) is 17.2 Å². The molecule has 0 heterocycles. The Morgan fingerprint density at radius 1 is 1.00 bits per heavy atom. The van der Waals surface area contributed by atoms with Crippen molar-refractivity contribution < 1.29 is 35.8 Å². The lowest BCUT2D eigenvalue weighted by atomic mass is 10.0. The molecule has 17 heavy (non-hydrogen) atoms. The molecule has 1 aromatic carbocycles. The van der Waals surface area contributed by atoms with E-state index in [2.05, 4.69) is 0 Å². The van der Waals surface area contributed by atoms with Gasteiger partial charge in [0.15, 0.2) is 6.10 Å². The molecule has 96 valence electrons. The van der Waals surface area contributed by atoms with Gasteiger partial charge in [-0.25, -0.2) is 4.39 Å². The Labute approximate surface area is 90.5 Å².